The maximum atomic E-state index is 12.6. The third kappa shape index (κ3) is 3.31. The average molecular weight is 379 g/mol. The zero-order valence-corrected chi connectivity index (χ0v) is 14.3. The number of aliphatic carboxylic acids is 1. The standard InChI is InChI=1S/C17H12Cl2N2O4/c18-11-6-13-14(7-12(11)19)21(9-16(23)24)17(25)20(13)8-15(22)10-4-2-1-3-5-10/h1-7H,8-9H2,(H,23,24). The molecule has 6 nitrogen and oxygen atoms in total. The molecule has 0 aliphatic rings. The number of fused-ring (bicyclic) bond motifs is 1. The molecule has 1 N–H and O–H groups in total. The van der Waals surface area contributed by atoms with E-state index >= 15 is 0 Å². The van der Waals surface area contributed by atoms with Crippen LogP contribution in [0.4, 0.5) is 0 Å². The van der Waals surface area contributed by atoms with Crippen LogP contribution in [0.3, 0.4) is 0 Å². The SMILES string of the molecule is O=C(O)Cn1c(=O)n(CC(=O)c2ccccc2)c2cc(Cl)c(Cl)cc21. The molecule has 3 aromatic rings. The van der Waals surface area contributed by atoms with Crippen molar-refractivity contribution in [1.82, 2.24) is 9.13 Å². The Morgan fingerprint density at radius 2 is 1.44 bits per heavy atom. The fourth-order valence-corrected chi connectivity index (χ4v) is 2.93. The number of benzene rings is 2. The van der Waals surface area contributed by atoms with E-state index in [0.29, 0.717) is 16.6 Å². The van der Waals surface area contributed by atoms with Crippen molar-refractivity contribution in [1.29, 1.82) is 0 Å². The van der Waals surface area contributed by atoms with Gasteiger partial charge in [0, 0.05) is 5.56 Å². The maximum Gasteiger partial charge on any atom is 0.330 e. The molecular weight excluding hydrogens is 367 g/mol. The second kappa shape index (κ2) is 6.74. The van der Waals surface area contributed by atoms with Gasteiger partial charge in [-0.2, -0.15) is 0 Å². The number of aromatic nitrogens is 2. The second-order valence-electron chi connectivity index (χ2n) is 5.39. The largest absolute Gasteiger partial charge is 0.480 e. The van der Waals surface area contributed by atoms with E-state index in [4.69, 9.17) is 28.3 Å². The van der Waals surface area contributed by atoms with Crippen LogP contribution in [-0.4, -0.2) is 26.0 Å². The molecule has 0 aliphatic heterocycles. The number of imidazole rings is 1. The summed E-state index contributed by atoms with van der Waals surface area (Å²) in [5.74, 6) is -1.45. The van der Waals surface area contributed by atoms with Gasteiger partial charge < -0.3 is 5.11 Å². The molecule has 0 fully saturated rings. The Bertz CT molecular complexity index is 1040. The number of halogens is 2. The highest BCUT2D eigenvalue weighted by Gasteiger charge is 2.19. The number of carboxylic acid groups (broad SMARTS) is 1. The van der Waals surface area contributed by atoms with Crippen molar-refractivity contribution in [3.63, 3.8) is 0 Å². The van der Waals surface area contributed by atoms with Crippen molar-refractivity contribution in [3.05, 3.63) is 68.6 Å². The summed E-state index contributed by atoms with van der Waals surface area (Å²) in [6, 6.07) is 11.4. The van der Waals surface area contributed by atoms with Gasteiger partial charge in [-0.25, -0.2) is 4.79 Å². The molecule has 25 heavy (non-hydrogen) atoms. The Morgan fingerprint density at radius 3 is 1.96 bits per heavy atom. The molecule has 0 radical (unpaired) electrons. The molecule has 3 rings (SSSR count). The highest BCUT2D eigenvalue weighted by molar-refractivity contribution is 6.42. The van der Waals surface area contributed by atoms with Crippen molar-refractivity contribution in [2.24, 2.45) is 0 Å². The quantitative estimate of drug-likeness (QED) is 0.691. The lowest BCUT2D eigenvalue weighted by Gasteiger charge is -2.04. The van der Waals surface area contributed by atoms with Gasteiger partial charge in [-0.15, -0.1) is 0 Å². The van der Waals surface area contributed by atoms with Gasteiger partial charge in [-0.3, -0.25) is 18.7 Å². The summed E-state index contributed by atoms with van der Waals surface area (Å²) < 4.78 is 2.26. The number of carbonyl (C=O) groups is 2. The fraction of sp³-hybridized carbons (Fsp3) is 0.118. The number of nitrogens with zero attached hydrogens (tertiary/aromatic N) is 2. The van der Waals surface area contributed by atoms with E-state index in [1.807, 2.05) is 0 Å². The number of ketones is 1. The van der Waals surface area contributed by atoms with Crippen LogP contribution in [0.5, 0.6) is 0 Å². The molecular formula is C17H12Cl2N2O4. The highest BCUT2D eigenvalue weighted by atomic mass is 35.5. The number of carbonyl (C=O) groups excluding carboxylic acids is 1. The van der Waals surface area contributed by atoms with Gasteiger partial charge in [0.2, 0.25) is 0 Å². The van der Waals surface area contributed by atoms with Crippen molar-refractivity contribution in [2.75, 3.05) is 0 Å². The third-order valence-electron chi connectivity index (χ3n) is 3.75. The normalized spacial score (nSPS) is 11.0. The Labute approximate surface area is 151 Å². The first-order valence-corrected chi connectivity index (χ1v) is 8.02. The van der Waals surface area contributed by atoms with Crippen LogP contribution in [0.1, 0.15) is 10.4 Å². The summed E-state index contributed by atoms with van der Waals surface area (Å²) in [6.07, 6.45) is 0. The lowest BCUT2D eigenvalue weighted by atomic mass is 10.1. The number of carboxylic acids is 1. The van der Waals surface area contributed by atoms with Gasteiger partial charge in [0.05, 0.1) is 27.6 Å². The van der Waals surface area contributed by atoms with Crippen LogP contribution in [0.15, 0.2) is 47.3 Å². The zero-order valence-electron chi connectivity index (χ0n) is 12.8. The van der Waals surface area contributed by atoms with Crippen molar-refractivity contribution in [2.45, 2.75) is 13.1 Å². The van der Waals surface area contributed by atoms with Crippen LogP contribution >= 0.6 is 23.2 Å². The molecule has 0 aliphatic carbocycles. The molecule has 1 heterocycles. The predicted octanol–water partition coefficient (Wildman–Crippen LogP) is 3.08. The Kier molecular flexibility index (Phi) is 4.65. The summed E-state index contributed by atoms with van der Waals surface area (Å²) in [6.45, 7) is -0.774. The second-order valence-corrected chi connectivity index (χ2v) is 6.21. The first kappa shape index (κ1) is 17.3. The van der Waals surface area contributed by atoms with E-state index in [2.05, 4.69) is 0 Å². The van der Waals surface area contributed by atoms with Crippen molar-refractivity contribution in [3.8, 4) is 0 Å². The lowest BCUT2D eigenvalue weighted by molar-refractivity contribution is -0.137. The molecule has 2 aromatic carbocycles. The summed E-state index contributed by atoms with van der Waals surface area (Å²) in [7, 11) is 0. The van der Waals surface area contributed by atoms with Gasteiger partial charge in [-0.05, 0) is 12.1 Å². The van der Waals surface area contributed by atoms with Gasteiger partial charge in [0.15, 0.2) is 5.78 Å². The van der Waals surface area contributed by atoms with Crippen LogP contribution in [0.2, 0.25) is 10.0 Å². The molecule has 128 valence electrons. The highest BCUT2D eigenvalue weighted by Crippen LogP contribution is 2.27. The van der Waals surface area contributed by atoms with Gasteiger partial charge >= 0.3 is 11.7 Å². The maximum absolute atomic E-state index is 12.6. The van der Waals surface area contributed by atoms with E-state index in [-0.39, 0.29) is 22.4 Å². The zero-order chi connectivity index (χ0) is 18.1. The van der Waals surface area contributed by atoms with Crippen molar-refractivity contribution >= 4 is 46.0 Å². The summed E-state index contributed by atoms with van der Waals surface area (Å²) >= 11 is 12.0. The molecule has 1 aromatic heterocycles. The average Bonchev–Trinajstić information content (AvgIpc) is 2.81. The number of hydrogen-bond acceptors (Lipinski definition) is 3. The molecule has 0 amide bonds. The molecule has 0 atom stereocenters. The van der Waals surface area contributed by atoms with E-state index in [1.165, 1.54) is 16.7 Å². The molecule has 0 unspecified atom stereocenters. The topological polar surface area (TPSA) is 81.3 Å². The third-order valence-corrected chi connectivity index (χ3v) is 4.47. The minimum Gasteiger partial charge on any atom is -0.480 e. The van der Waals surface area contributed by atoms with Gasteiger partial charge in [-0.1, -0.05) is 53.5 Å². The number of rotatable bonds is 5. The minimum absolute atomic E-state index is 0.194. The number of Topliss-reactive ketones (excluding diaryl/α,β-unsaturated/α-hetero) is 1. The number of hydrogen-bond donors (Lipinski definition) is 1. The van der Waals surface area contributed by atoms with Crippen molar-refractivity contribution < 1.29 is 14.7 Å². The molecule has 0 bridgehead atoms. The fourth-order valence-electron chi connectivity index (χ4n) is 2.61. The van der Waals surface area contributed by atoms with E-state index < -0.39 is 18.2 Å². The summed E-state index contributed by atoms with van der Waals surface area (Å²) in [5.41, 5.74) is 0.501. The Morgan fingerprint density at radius 1 is 0.920 bits per heavy atom. The van der Waals surface area contributed by atoms with Gasteiger partial charge in [0.25, 0.3) is 0 Å². The van der Waals surface area contributed by atoms with E-state index in [0.717, 1.165) is 4.57 Å². The summed E-state index contributed by atoms with van der Waals surface area (Å²) in [4.78, 5) is 36.2. The minimum atomic E-state index is -1.18. The molecule has 0 saturated carbocycles. The van der Waals surface area contributed by atoms with Crippen LogP contribution < -0.4 is 5.69 Å². The predicted molar refractivity (Wildman–Crippen MR) is 94.6 cm³/mol. The first-order valence-electron chi connectivity index (χ1n) is 7.26. The van der Waals surface area contributed by atoms with Crippen LogP contribution in [-0.2, 0) is 17.9 Å². The van der Waals surface area contributed by atoms with Crippen LogP contribution in [0, 0.1) is 0 Å². The molecule has 8 heteroatoms. The van der Waals surface area contributed by atoms with E-state index in [9.17, 15) is 14.4 Å². The Balaban J connectivity index is 2.15. The van der Waals surface area contributed by atoms with Gasteiger partial charge in [0.1, 0.15) is 6.54 Å². The smallest absolute Gasteiger partial charge is 0.330 e. The van der Waals surface area contributed by atoms with E-state index in [1.54, 1.807) is 30.3 Å². The molecule has 0 saturated heterocycles. The lowest BCUT2D eigenvalue weighted by Crippen LogP contribution is -2.29. The monoisotopic (exact) mass is 378 g/mol. The van der Waals surface area contributed by atoms with Crippen LogP contribution in [0.25, 0.3) is 11.0 Å². The Hall–Kier alpha value is -2.57. The first-order chi connectivity index (χ1) is 11.9. The molecule has 0 spiro atoms. The summed E-state index contributed by atoms with van der Waals surface area (Å²) in [5, 5.41) is 9.45.